The predicted molar refractivity (Wildman–Crippen MR) is 104 cm³/mol. The summed E-state index contributed by atoms with van der Waals surface area (Å²) in [5, 5.41) is 0. The Morgan fingerprint density at radius 2 is 1.56 bits per heavy atom. The average Bonchev–Trinajstić information content (AvgIpc) is 2.58. The van der Waals surface area contributed by atoms with Gasteiger partial charge in [0.1, 0.15) is 6.10 Å². The van der Waals surface area contributed by atoms with Gasteiger partial charge in [-0.3, -0.25) is 0 Å². The molecule has 0 atom stereocenters. The second-order valence-electron chi connectivity index (χ2n) is 7.39. The van der Waals surface area contributed by atoms with Gasteiger partial charge < -0.3 is 4.74 Å². The van der Waals surface area contributed by atoms with E-state index in [1.807, 2.05) is 39.8 Å². The molecule has 0 radical (unpaired) electrons. The number of benzene rings is 1. The van der Waals surface area contributed by atoms with Crippen molar-refractivity contribution >= 4 is 10.0 Å². The first-order valence-electron chi connectivity index (χ1n) is 9.31. The maximum Gasteiger partial charge on any atom is 0.317 e. The molecule has 0 amide bonds. The third-order valence-corrected chi connectivity index (χ3v) is 6.54. The van der Waals surface area contributed by atoms with Crippen molar-refractivity contribution in [2.75, 3.05) is 0 Å². The minimum Gasteiger partial charge on any atom is -0.460 e. The van der Waals surface area contributed by atoms with Gasteiger partial charge in [0, 0.05) is 17.4 Å². The molecule has 6 nitrogen and oxygen atoms in total. The summed E-state index contributed by atoms with van der Waals surface area (Å²) in [6, 6.07) is 7.48. The van der Waals surface area contributed by atoms with Crippen LogP contribution in [0.3, 0.4) is 0 Å². The minimum absolute atomic E-state index is 0.0218. The molecule has 1 fully saturated rings. The number of nitrogens with zero attached hydrogens (tertiary/aromatic N) is 2. The summed E-state index contributed by atoms with van der Waals surface area (Å²) in [5.41, 5.74) is 3.82. The van der Waals surface area contributed by atoms with Crippen LogP contribution in [0.4, 0.5) is 0 Å². The zero-order valence-electron chi connectivity index (χ0n) is 16.3. The topological polar surface area (TPSA) is 81.2 Å². The van der Waals surface area contributed by atoms with Crippen molar-refractivity contribution in [2.45, 2.75) is 70.4 Å². The van der Waals surface area contributed by atoms with Gasteiger partial charge in [-0.05, 0) is 82.7 Å². The van der Waals surface area contributed by atoms with E-state index in [4.69, 9.17) is 4.74 Å². The SMILES string of the molecule is Cc1cc(C)nc(OC2CCC(NS(=O)(=O)c3ccc(C)c(C)c3)CC2)n1. The van der Waals surface area contributed by atoms with Gasteiger partial charge in [-0.2, -0.15) is 0 Å². The Kier molecular flexibility index (Phi) is 5.81. The fourth-order valence-corrected chi connectivity index (χ4v) is 4.75. The van der Waals surface area contributed by atoms with Crippen molar-refractivity contribution in [3.63, 3.8) is 0 Å². The van der Waals surface area contributed by atoms with Crippen LogP contribution < -0.4 is 9.46 Å². The number of sulfonamides is 1. The number of aromatic nitrogens is 2. The molecule has 1 aromatic heterocycles. The molecule has 1 aliphatic carbocycles. The highest BCUT2D eigenvalue weighted by atomic mass is 32.2. The minimum atomic E-state index is -3.50. The third kappa shape index (κ3) is 5.05. The Balaban J connectivity index is 1.58. The Bertz CT molecular complexity index is 900. The van der Waals surface area contributed by atoms with E-state index in [-0.39, 0.29) is 12.1 Å². The molecule has 1 saturated carbocycles. The second kappa shape index (κ2) is 7.94. The Morgan fingerprint density at radius 1 is 0.926 bits per heavy atom. The predicted octanol–water partition coefficient (Wildman–Crippen LogP) is 3.38. The summed E-state index contributed by atoms with van der Waals surface area (Å²) in [6.07, 6.45) is 3.04. The van der Waals surface area contributed by atoms with Gasteiger partial charge in [0.2, 0.25) is 10.0 Å². The molecule has 0 aliphatic heterocycles. The van der Waals surface area contributed by atoms with Crippen molar-refractivity contribution in [3.8, 4) is 6.01 Å². The highest BCUT2D eigenvalue weighted by molar-refractivity contribution is 7.89. The van der Waals surface area contributed by atoms with E-state index in [9.17, 15) is 8.42 Å². The molecule has 0 unspecified atom stereocenters. The fraction of sp³-hybridized carbons (Fsp3) is 0.500. The van der Waals surface area contributed by atoms with Crippen LogP contribution in [0, 0.1) is 27.7 Å². The zero-order chi connectivity index (χ0) is 19.6. The lowest BCUT2D eigenvalue weighted by molar-refractivity contribution is 0.131. The molecule has 146 valence electrons. The summed E-state index contributed by atoms with van der Waals surface area (Å²) in [7, 11) is -3.50. The normalized spacial score (nSPS) is 20.4. The summed E-state index contributed by atoms with van der Waals surface area (Å²) in [6.45, 7) is 7.73. The number of ether oxygens (including phenoxy) is 1. The zero-order valence-corrected chi connectivity index (χ0v) is 17.1. The van der Waals surface area contributed by atoms with Crippen LogP contribution in [0.1, 0.15) is 48.2 Å². The number of hydrogen-bond acceptors (Lipinski definition) is 5. The lowest BCUT2D eigenvalue weighted by atomic mass is 9.94. The van der Waals surface area contributed by atoms with Gasteiger partial charge in [0.15, 0.2) is 0 Å². The van der Waals surface area contributed by atoms with Gasteiger partial charge >= 0.3 is 6.01 Å². The first-order chi connectivity index (χ1) is 12.7. The fourth-order valence-electron chi connectivity index (χ4n) is 3.36. The summed E-state index contributed by atoms with van der Waals surface area (Å²) < 4.78 is 34.1. The first-order valence-corrected chi connectivity index (χ1v) is 10.8. The van der Waals surface area contributed by atoms with E-state index in [0.717, 1.165) is 48.2 Å². The maximum absolute atomic E-state index is 12.6. The molecule has 2 aromatic rings. The number of aryl methyl sites for hydroxylation is 4. The average molecular weight is 390 g/mol. The van der Waals surface area contributed by atoms with E-state index in [1.165, 1.54) is 0 Å². The van der Waals surface area contributed by atoms with Crippen molar-refractivity contribution < 1.29 is 13.2 Å². The molecule has 1 aromatic carbocycles. The van der Waals surface area contributed by atoms with Crippen molar-refractivity contribution in [1.82, 2.24) is 14.7 Å². The number of hydrogen-bond donors (Lipinski definition) is 1. The van der Waals surface area contributed by atoms with Gasteiger partial charge in [-0.15, -0.1) is 0 Å². The van der Waals surface area contributed by atoms with Crippen LogP contribution in [0.25, 0.3) is 0 Å². The van der Waals surface area contributed by atoms with Crippen LogP contribution >= 0.6 is 0 Å². The van der Waals surface area contributed by atoms with Gasteiger partial charge in [-0.25, -0.2) is 23.1 Å². The highest BCUT2D eigenvalue weighted by Gasteiger charge is 2.27. The highest BCUT2D eigenvalue weighted by Crippen LogP contribution is 2.24. The third-order valence-electron chi connectivity index (χ3n) is 5.02. The van der Waals surface area contributed by atoms with Crippen LogP contribution in [-0.4, -0.2) is 30.5 Å². The number of rotatable bonds is 5. The molecule has 27 heavy (non-hydrogen) atoms. The standard InChI is InChI=1S/C20H27N3O3S/c1-13-5-10-19(11-14(13)2)27(24,25)23-17-6-8-18(9-7-17)26-20-21-15(3)12-16(4)22-20/h5,10-12,17-18,23H,6-9H2,1-4H3. The summed E-state index contributed by atoms with van der Waals surface area (Å²) in [4.78, 5) is 8.96. The Labute approximate surface area is 161 Å². The molecule has 3 rings (SSSR count). The summed E-state index contributed by atoms with van der Waals surface area (Å²) >= 11 is 0. The monoisotopic (exact) mass is 389 g/mol. The smallest absolute Gasteiger partial charge is 0.317 e. The number of nitrogens with one attached hydrogen (secondary N) is 1. The second-order valence-corrected chi connectivity index (χ2v) is 9.11. The van der Waals surface area contributed by atoms with Crippen LogP contribution in [0.5, 0.6) is 6.01 Å². The lowest BCUT2D eigenvalue weighted by Gasteiger charge is -2.28. The lowest BCUT2D eigenvalue weighted by Crippen LogP contribution is -2.39. The van der Waals surface area contributed by atoms with Crippen LogP contribution in [0.2, 0.25) is 0 Å². The van der Waals surface area contributed by atoms with Gasteiger partial charge in [0.25, 0.3) is 0 Å². The Hall–Kier alpha value is -1.99. The largest absolute Gasteiger partial charge is 0.460 e. The van der Waals surface area contributed by atoms with E-state index in [0.29, 0.717) is 10.9 Å². The quantitative estimate of drug-likeness (QED) is 0.848. The Morgan fingerprint density at radius 3 is 2.15 bits per heavy atom. The van der Waals surface area contributed by atoms with Crippen LogP contribution in [-0.2, 0) is 10.0 Å². The van der Waals surface area contributed by atoms with Crippen molar-refractivity contribution in [1.29, 1.82) is 0 Å². The molecular formula is C20H27N3O3S. The molecule has 0 bridgehead atoms. The molecule has 1 aliphatic rings. The first kappa shape index (κ1) is 19.8. The van der Waals surface area contributed by atoms with Crippen molar-refractivity contribution in [3.05, 3.63) is 46.8 Å². The van der Waals surface area contributed by atoms with E-state index in [1.54, 1.807) is 12.1 Å². The van der Waals surface area contributed by atoms with Gasteiger partial charge in [0.05, 0.1) is 4.90 Å². The van der Waals surface area contributed by atoms with E-state index >= 15 is 0 Å². The molecular weight excluding hydrogens is 362 g/mol. The van der Waals surface area contributed by atoms with Crippen LogP contribution in [0.15, 0.2) is 29.2 Å². The maximum atomic E-state index is 12.6. The molecule has 1 N–H and O–H groups in total. The molecule has 7 heteroatoms. The van der Waals surface area contributed by atoms with E-state index in [2.05, 4.69) is 14.7 Å². The van der Waals surface area contributed by atoms with Crippen molar-refractivity contribution in [2.24, 2.45) is 0 Å². The molecule has 1 heterocycles. The van der Waals surface area contributed by atoms with Gasteiger partial charge in [-0.1, -0.05) is 6.07 Å². The molecule has 0 spiro atoms. The molecule has 0 saturated heterocycles. The summed E-state index contributed by atoms with van der Waals surface area (Å²) in [5.74, 6) is 0. The van der Waals surface area contributed by atoms with E-state index < -0.39 is 10.0 Å².